The van der Waals surface area contributed by atoms with Crippen molar-refractivity contribution < 1.29 is 14.3 Å². The van der Waals surface area contributed by atoms with E-state index >= 15 is 0 Å². The molecule has 1 amide bonds. The van der Waals surface area contributed by atoms with Gasteiger partial charge in [-0.15, -0.1) is 0 Å². The van der Waals surface area contributed by atoms with Gasteiger partial charge in [-0.2, -0.15) is 0 Å². The summed E-state index contributed by atoms with van der Waals surface area (Å²) in [7, 11) is 0. The molecule has 0 bridgehead atoms. The van der Waals surface area contributed by atoms with Crippen molar-refractivity contribution in [2.45, 2.75) is 26.5 Å². The summed E-state index contributed by atoms with van der Waals surface area (Å²) in [5.74, 6) is 1.26. The maximum absolute atomic E-state index is 12.1. The topological polar surface area (TPSA) is 47.6 Å². The second-order valence-electron chi connectivity index (χ2n) is 5.01. The van der Waals surface area contributed by atoms with Crippen LogP contribution in [0.3, 0.4) is 0 Å². The summed E-state index contributed by atoms with van der Waals surface area (Å²) >= 11 is 5.82. The number of benzene rings is 2. The Morgan fingerprint density at radius 3 is 2.30 bits per heavy atom. The van der Waals surface area contributed by atoms with Crippen LogP contribution in [0.15, 0.2) is 48.5 Å². The molecule has 1 unspecified atom stereocenters. The van der Waals surface area contributed by atoms with Crippen molar-refractivity contribution in [3.8, 4) is 11.5 Å². The largest absolute Gasteiger partial charge is 0.494 e. The molecule has 0 aromatic heterocycles. The Balaban J connectivity index is 1.82. The minimum atomic E-state index is -0.584. The fraction of sp³-hybridized carbons (Fsp3) is 0.278. The van der Waals surface area contributed by atoms with Gasteiger partial charge in [0.1, 0.15) is 11.5 Å². The fourth-order valence-electron chi connectivity index (χ4n) is 1.97. The Kier molecular flexibility index (Phi) is 6.29. The molecule has 23 heavy (non-hydrogen) atoms. The highest BCUT2D eigenvalue weighted by Crippen LogP contribution is 2.17. The minimum Gasteiger partial charge on any atom is -0.494 e. The van der Waals surface area contributed by atoms with Crippen LogP contribution in [0.1, 0.15) is 19.4 Å². The van der Waals surface area contributed by atoms with Gasteiger partial charge >= 0.3 is 0 Å². The Bertz CT molecular complexity index is 626. The first kappa shape index (κ1) is 17.2. The van der Waals surface area contributed by atoms with Gasteiger partial charge in [0.15, 0.2) is 6.10 Å². The van der Waals surface area contributed by atoms with Crippen molar-refractivity contribution in [1.82, 2.24) is 5.32 Å². The molecule has 4 nitrogen and oxygen atoms in total. The zero-order valence-corrected chi connectivity index (χ0v) is 14.0. The summed E-state index contributed by atoms with van der Waals surface area (Å²) in [5.41, 5.74) is 1.00. The average Bonchev–Trinajstić information content (AvgIpc) is 2.56. The molecule has 1 N–H and O–H groups in total. The van der Waals surface area contributed by atoms with Crippen LogP contribution < -0.4 is 14.8 Å². The lowest BCUT2D eigenvalue weighted by atomic mass is 10.2. The van der Waals surface area contributed by atoms with E-state index in [0.29, 0.717) is 23.9 Å². The molecular formula is C18H20ClNO3. The van der Waals surface area contributed by atoms with E-state index in [1.807, 2.05) is 31.2 Å². The van der Waals surface area contributed by atoms with E-state index in [1.54, 1.807) is 31.2 Å². The molecule has 0 aliphatic rings. The van der Waals surface area contributed by atoms with E-state index in [1.165, 1.54) is 0 Å². The van der Waals surface area contributed by atoms with Crippen molar-refractivity contribution in [2.75, 3.05) is 6.61 Å². The minimum absolute atomic E-state index is 0.172. The standard InChI is InChI=1S/C18H20ClNO3/c1-3-22-16-8-4-14(5-9-16)12-20-18(21)13(2)23-17-10-6-15(19)7-11-17/h4-11,13H,3,12H2,1-2H3,(H,20,21). The lowest BCUT2D eigenvalue weighted by Crippen LogP contribution is -2.35. The molecule has 5 heteroatoms. The summed E-state index contributed by atoms with van der Waals surface area (Å²) in [6.45, 7) is 4.73. The average molecular weight is 334 g/mol. The van der Waals surface area contributed by atoms with Crippen molar-refractivity contribution in [1.29, 1.82) is 0 Å². The molecule has 122 valence electrons. The van der Waals surface area contributed by atoms with Crippen LogP contribution in [-0.4, -0.2) is 18.6 Å². The second-order valence-corrected chi connectivity index (χ2v) is 5.45. The Labute approximate surface area is 141 Å². The van der Waals surface area contributed by atoms with Crippen LogP contribution in [0.2, 0.25) is 5.02 Å². The van der Waals surface area contributed by atoms with Gasteiger partial charge in [-0.25, -0.2) is 0 Å². The number of halogens is 1. The number of hydrogen-bond donors (Lipinski definition) is 1. The molecule has 0 heterocycles. The van der Waals surface area contributed by atoms with E-state index in [4.69, 9.17) is 21.1 Å². The maximum atomic E-state index is 12.1. The quantitative estimate of drug-likeness (QED) is 0.837. The zero-order chi connectivity index (χ0) is 16.7. The normalized spacial score (nSPS) is 11.6. The smallest absolute Gasteiger partial charge is 0.261 e. The lowest BCUT2D eigenvalue weighted by Gasteiger charge is -2.15. The molecule has 2 aromatic rings. The van der Waals surface area contributed by atoms with Gasteiger partial charge in [0.05, 0.1) is 6.61 Å². The SMILES string of the molecule is CCOc1ccc(CNC(=O)C(C)Oc2ccc(Cl)cc2)cc1. The number of ether oxygens (including phenoxy) is 2. The summed E-state index contributed by atoms with van der Waals surface area (Å²) in [6.07, 6.45) is -0.584. The van der Waals surface area contributed by atoms with Gasteiger partial charge in [-0.1, -0.05) is 23.7 Å². The molecule has 0 saturated heterocycles. The van der Waals surface area contributed by atoms with Crippen LogP contribution in [0.5, 0.6) is 11.5 Å². The van der Waals surface area contributed by atoms with Crippen LogP contribution in [-0.2, 0) is 11.3 Å². The van der Waals surface area contributed by atoms with E-state index in [-0.39, 0.29) is 5.91 Å². The van der Waals surface area contributed by atoms with E-state index in [2.05, 4.69) is 5.32 Å². The first-order chi connectivity index (χ1) is 11.1. The predicted molar refractivity (Wildman–Crippen MR) is 91.0 cm³/mol. The number of amides is 1. The third kappa shape index (κ3) is 5.49. The first-order valence-corrected chi connectivity index (χ1v) is 7.88. The highest BCUT2D eigenvalue weighted by atomic mass is 35.5. The highest BCUT2D eigenvalue weighted by Gasteiger charge is 2.14. The lowest BCUT2D eigenvalue weighted by molar-refractivity contribution is -0.127. The fourth-order valence-corrected chi connectivity index (χ4v) is 2.10. The molecule has 0 aliphatic carbocycles. The molecule has 1 atom stereocenters. The molecule has 0 fully saturated rings. The van der Waals surface area contributed by atoms with E-state index < -0.39 is 6.10 Å². The highest BCUT2D eigenvalue weighted by molar-refractivity contribution is 6.30. The van der Waals surface area contributed by atoms with Gasteiger partial charge in [-0.05, 0) is 55.8 Å². The Hall–Kier alpha value is -2.20. The molecule has 0 saturated carbocycles. The zero-order valence-electron chi connectivity index (χ0n) is 13.2. The number of hydrogen-bond acceptors (Lipinski definition) is 3. The van der Waals surface area contributed by atoms with Gasteiger partial charge < -0.3 is 14.8 Å². The van der Waals surface area contributed by atoms with Crippen molar-refractivity contribution >= 4 is 17.5 Å². The van der Waals surface area contributed by atoms with Gasteiger partial charge in [0.25, 0.3) is 5.91 Å². The number of rotatable bonds is 7. The van der Waals surface area contributed by atoms with E-state index in [9.17, 15) is 4.79 Å². The molecule has 0 aliphatic heterocycles. The summed E-state index contributed by atoms with van der Waals surface area (Å²) in [6, 6.07) is 14.5. The van der Waals surface area contributed by atoms with Crippen LogP contribution >= 0.6 is 11.6 Å². The molecule has 2 aromatic carbocycles. The van der Waals surface area contributed by atoms with Crippen LogP contribution in [0, 0.1) is 0 Å². The maximum Gasteiger partial charge on any atom is 0.261 e. The molecule has 0 radical (unpaired) electrons. The third-order valence-corrected chi connectivity index (χ3v) is 3.45. The predicted octanol–water partition coefficient (Wildman–Crippen LogP) is 3.82. The van der Waals surface area contributed by atoms with Crippen molar-refractivity contribution in [3.05, 3.63) is 59.1 Å². The van der Waals surface area contributed by atoms with Crippen LogP contribution in [0.4, 0.5) is 0 Å². The first-order valence-electron chi connectivity index (χ1n) is 7.50. The number of carbonyl (C=O) groups is 1. The summed E-state index contributed by atoms with van der Waals surface area (Å²) in [5, 5.41) is 3.48. The van der Waals surface area contributed by atoms with Crippen molar-refractivity contribution in [3.63, 3.8) is 0 Å². The second kappa shape index (κ2) is 8.44. The van der Waals surface area contributed by atoms with Gasteiger partial charge in [-0.3, -0.25) is 4.79 Å². The van der Waals surface area contributed by atoms with Gasteiger partial charge in [0.2, 0.25) is 0 Å². The van der Waals surface area contributed by atoms with E-state index in [0.717, 1.165) is 11.3 Å². The number of carbonyl (C=O) groups excluding carboxylic acids is 1. The molecule has 2 rings (SSSR count). The van der Waals surface area contributed by atoms with Gasteiger partial charge in [0, 0.05) is 11.6 Å². The number of nitrogens with one attached hydrogen (secondary N) is 1. The molecular weight excluding hydrogens is 314 g/mol. The summed E-state index contributed by atoms with van der Waals surface area (Å²) in [4.78, 5) is 12.1. The van der Waals surface area contributed by atoms with Crippen LogP contribution in [0.25, 0.3) is 0 Å². The Morgan fingerprint density at radius 2 is 1.70 bits per heavy atom. The third-order valence-electron chi connectivity index (χ3n) is 3.20. The monoisotopic (exact) mass is 333 g/mol. The summed E-state index contributed by atoms with van der Waals surface area (Å²) < 4.78 is 11.0. The molecule has 0 spiro atoms. The Morgan fingerprint density at radius 1 is 1.09 bits per heavy atom. The van der Waals surface area contributed by atoms with Crippen molar-refractivity contribution in [2.24, 2.45) is 0 Å².